The van der Waals surface area contributed by atoms with Crippen molar-refractivity contribution in [3.05, 3.63) is 101 Å². The van der Waals surface area contributed by atoms with Gasteiger partial charge in [0.2, 0.25) is 11.8 Å². The first-order valence-corrected chi connectivity index (χ1v) is 15.1. The third-order valence-corrected chi connectivity index (χ3v) is 8.80. The van der Waals surface area contributed by atoms with Crippen molar-refractivity contribution in [3.8, 4) is 0 Å². The van der Waals surface area contributed by atoms with Gasteiger partial charge in [0, 0.05) is 37.5 Å². The maximum absolute atomic E-state index is 13.7. The standard InChI is InChI=1S/C30H32ClN3O5S/c1-2-17-32-29(36)26(20-22-10-4-3-5-11-22)33(21-23-12-8-13-24(31)19-23)28(35)16-9-18-34-30(37)25-14-6-7-15-27(25)40(34,38)39/h3-8,10-15,19,26H,2,9,16-18,20-21H2,1H3,(H,32,36)/t26-/m1/s1. The lowest BCUT2D eigenvalue weighted by Gasteiger charge is -2.32. The van der Waals surface area contributed by atoms with Crippen LogP contribution in [0.5, 0.6) is 0 Å². The first-order chi connectivity index (χ1) is 19.2. The quantitative estimate of drug-likeness (QED) is 0.341. The Morgan fingerprint density at radius 1 is 0.975 bits per heavy atom. The highest BCUT2D eigenvalue weighted by Crippen LogP contribution is 2.30. The zero-order valence-electron chi connectivity index (χ0n) is 22.3. The number of fused-ring (bicyclic) bond motifs is 1. The lowest BCUT2D eigenvalue weighted by molar-refractivity contribution is -0.141. The number of hydrogen-bond acceptors (Lipinski definition) is 5. The van der Waals surface area contributed by atoms with Crippen LogP contribution in [-0.4, -0.2) is 54.5 Å². The summed E-state index contributed by atoms with van der Waals surface area (Å²) < 4.78 is 26.7. The van der Waals surface area contributed by atoms with E-state index < -0.39 is 22.0 Å². The van der Waals surface area contributed by atoms with Crippen molar-refractivity contribution < 1.29 is 22.8 Å². The number of rotatable bonds is 12. The summed E-state index contributed by atoms with van der Waals surface area (Å²) in [5.74, 6) is -1.19. The summed E-state index contributed by atoms with van der Waals surface area (Å²) in [7, 11) is -3.97. The number of amides is 3. The van der Waals surface area contributed by atoms with Crippen molar-refractivity contribution in [1.82, 2.24) is 14.5 Å². The maximum atomic E-state index is 13.7. The zero-order chi connectivity index (χ0) is 28.7. The molecule has 0 saturated carbocycles. The van der Waals surface area contributed by atoms with Crippen LogP contribution < -0.4 is 5.32 Å². The third-order valence-electron chi connectivity index (χ3n) is 6.73. The van der Waals surface area contributed by atoms with Crippen LogP contribution in [0.1, 0.15) is 47.7 Å². The van der Waals surface area contributed by atoms with Gasteiger partial charge in [0.15, 0.2) is 0 Å². The molecule has 0 radical (unpaired) electrons. The summed E-state index contributed by atoms with van der Waals surface area (Å²) in [6, 6.07) is 21.8. The molecule has 1 N–H and O–H groups in total. The molecule has 3 aromatic rings. The molecule has 1 aliphatic rings. The second kappa shape index (κ2) is 13.1. The Morgan fingerprint density at radius 3 is 2.38 bits per heavy atom. The van der Waals surface area contributed by atoms with Crippen LogP contribution in [-0.2, 0) is 32.6 Å². The molecule has 0 saturated heterocycles. The van der Waals surface area contributed by atoms with Gasteiger partial charge in [-0.25, -0.2) is 12.7 Å². The average molecular weight is 582 g/mol. The predicted octanol–water partition coefficient (Wildman–Crippen LogP) is 4.43. The average Bonchev–Trinajstić information content (AvgIpc) is 3.14. The summed E-state index contributed by atoms with van der Waals surface area (Å²) in [6.07, 6.45) is 1.10. The number of carbonyl (C=O) groups excluding carboxylic acids is 3. The largest absolute Gasteiger partial charge is 0.354 e. The van der Waals surface area contributed by atoms with Gasteiger partial charge >= 0.3 is 0 Å². The molecule has 0 unspecified atom stereocenters. The number of nitrogens with zero attached hydrogens (tertiary/aromatic N) is 2. The summed E-state index contributed by atoms with van der Waals surface area (Å²) in [5.41, 5.74) is 1.79. The topological polar surface area (TPSA) is 104 Å². The highest BCUT2D eigenvalue weighted by atomic mass is 35.5. The summed E-state index contributed by atoms with van der Waals surface area (Å²) in [6.45, 7) is 2.42. The fourth-order valence-electron chi connectivity index (χ4n) is 4.72. The molecule has 3 aromatic carbocycles. The van der Waals surface area contributed by atoms with Crippen LogP contribution in [0.15, 0.2) is 83.8 Å². The van der Waals surface area contributed by atoms with E-state index in [1.807, 2.05) is 43.3 Å². The Hall–Kier alpha value is -3.69. The molecule has 1 aliphatic heterocycles. The van der Waals surface area contributed by atoms with Crippen molar-refractivity contribution in [2.24, 2.45) is 0 Å². The van der Waals surface area contributed by atoms with Gasteiger partial charge in [-0.2, -0.15) is 0 Å². The zero-order valence-corrected chi connectivity index (χ0v) is 23.8. The van der Waals surface area contributed by atoms with E-state index in [-0.39, 0.29) is 48.2 Å². The molecule has 10 heteroatoms. The molecule has 0 spiro atoms. The van der Waals surface area contributed by atoms with Crippen molar-refractivity contribution in [2.45, 2.75) is 50.1 Å². The molecular weight excluding hydrogens is 550 g/mol. The molecular formula is C30H32ClN3O5S. The van der Waals surface area contributed by atoms with E-state index in [0.29, 0.717) is 18.0 Å². The van der Waals surface area contributed by atoms with E-state index in [0.717, 1.165) is 21.9 Å². The molecule has 3 amide bonds. The molecule has 8 nitrogen and oxygen atoms in total. The van der Waals surface area contributed by atoms with Crippen LogP contribution in [0.4, 0.5) is 0 Å². The molecule has 0 fully saturated rings. The van der Waals surface area contributed by atoms with Crippen LogP contribution in [0.25, 0.3) is 0 Å². The first-order valence-electron chi connectivity index (χ1n) is 13.2. The van der Waals surface area contributed by atoms with Crippen molar-refractivity contribution in [1.29, 1.82) is 0 Å². The number of benzene rings is 3. The Kier molecular flexibility index (Phi) is 9.60. The Morgan fingerprint density at radius 2 is 1.68 bits per heavy atom. The third kappa shape index (κ3) is 6.71. The lowest BCUT2D eigenvalue weighted by atomic mass is 10.0. The number of halogens is 1. The summed E-state index contributed by atoms with van der Waals surface area (Å²) in [4.78, 5) is 41.4. The fraction of sp³-hybridized carbons (Fsp3) is 0.300. The maximum Gasteiger partial charge on any atom is 0.269 e. The van der Waals surface area contributed by atoms with E-state index in [1.165, 1.54) is 17.0 Å². The van der Waals surface area contributed by atoms with Gasteiger partial charge in [-0.1, -0.05) is 73.1 Å². The molecule has 40 heavy (non-hydrogen) atoms. The van der Waals surface area contributed by atoms with Crippen molar-refractivity contribution in [2.75, 3.05) is 13.1 Å². The second-order valence-electron chi connectivity index (χ2n) is 9.63. The van der Waals surface area contributed by atoms with Gasteiger partial charge in [-0.15, -0.1) is 0 Å². The first kappa shape index (κ1) is 29.3. The molecule has 0 aliphatic carbocycles. The molecule has 1 atom stereocenters. The van der Waals surface area contributed by atoms with E-state index in [2.05, 4.69) is 5.32 Å². The van der Waals surface area contributed by atoms with Gasteiger partial charge < -0.3 is 10.2 Å². The summed E-state index contributed by atoms with van der Waals surface area (Å²) in [5, 5.41) is 3.43. The number of carbonyl (C=O) groups is 3. The smallest absolute Gasteiger partial charge is 0.269 e. The molecule has 210 valence electrons. The normalized spacial score (nSPS) is 14.4. The van der Waals surface area contributed by atoms with Crippen LogP contribution in [0.2, 0.25) is 5.02 Å². The molecule has 0 bridgehead atoms. The fourth-order valence-corrected chi connectivity index (χ4v) is 6.54. The van der Waals surface area contributed by atoms with Crippen molar-refractivity contribution in [3.63, 3.8) is 0 Å². The van der Waals surface area contributed by atoms with Crippen LogP contribution in [0, 0.1) is 0 Å². The monoisotopic (exact) mass is 581 g/mol. The second-order valence-corrected chi connectivity index (χ2v) is 11.9. The highest BCUT2D eigenvalue weighted by Gasteiger charge is 2.40. The van der Waals surface area contributed by atoms with E-state index in [4.69, 9.17) is 11.6 Å². The van der Waals surface area contributed by atoms with Gasteiger partial charge in [0.25, 0.3) is 15.9 Å². The SMILES string of the molecule is CCCNC(=O)[C@@H](Cc1ccccc1)N(Cc1cccc(Cl)c1)C(=O)CCCN1C(=O)c2ccccc2S1(=O)=O. The number of sulfonamides is 1. The predicted molar refractivity (Wildman–Crippen MR) is 153 cm³/mol. The highest BCUT2D eigenvalue weighted by molar-refractivity contribution is 7.90. The van der Waals surface area contributed by atoms with E-state index in [1.54, 1.807) is 30.3 Å². The number of hydrogen-bond donors (Lipinski definition) is 1. The minimum Gasteiger partial charge on any atom is -0.354 e. The number of nitrogens with one attached hydrogen (secondary N) is 1. The minimum atomic E-state index is -3.97. The summed E-state index contributed by atoms with van der Waals surface area (Å²) >= 11 is 6.21. The lowest BCUT2D eigenvalue weighted by Crippen LogP contribution is -2.50. The van der Waals surface area contributed by atoms with Crippen molar-refractivity contribution >= 4 is 39.3 Å². The molecule has 4 rings (SSSR count). The molecule has 1 heterocycles. The van der Waals surface area contributed by atoms with Gasteiger partial charge in [0.1, 0.15) is 10.9 Å². The Bertz CT molecular complexity index is 1480. The Balaban J connectivity index is 1.56. The van der Waals surface area contributed by atoms with E-state index in [9.17, 15) is 22.8 Å². The van der Waals surface area contributed by atoms with E-state index >= 15 is 0 Å². The van der Waals surface area contributed by atoms with Gasteiger partial charge in [-0.3, -0.25) is 14.4 Å². The van der Waals surface area contributed by atoms with Gasteiger partial charge in [-0.05, 0) is 48.2 Å². The van der Waals surface area contributed by atoms with Gasteiger partial charge in [0.05, 0.1) is 5.56 Å². The molecule has 0 aromatic heterocycles. The van der Waals surface area contributed by atoms with Crippen LogP contribution >= 0.6 is 11.6 Å². The minimum absolute atomic E-state index is 0.0237. The van der Waals surface area contributed by atoms with Crippen LogP contribution in [0.3, 0.4) is 0 Å². The Labute approximate surface area is 240 Å².